The third-order valence-electron chi connectivity index (χ3n) is 8.71. The SMILES string of the molecule is c1ccc(-c2ccccc2-c2ccc(-c3c4ccccc4c(-c4ccccc4-c4ccccc4)c4ccccc34)cc2)cc1. The molecule has 0 bridgehead atoms. The maximum Gasteiger partial charge on any atom is -0.00201 e. The fourth-order valence-corrected chi connectivity index (χ4v) is 6.72. The molecule has 0 aliphatic carbocycles. The second-order valence-electron chi connectivity index (χ2n) is 11.2. The van der Waals surface area contributed by atoms with Crippen LogP contribution in [0, 0.1) is 0 Å². The molecule has 0 saturated heterocycles. The predicted molar refractivity (Wildman–Crippen MR) is 189 cm³/mol. The van der Waals surface area contributed by atoms with E-state index in [-0.39, 0.29) is 0 Å². The molecule has 0 saturated carbocycles. The van der Waals surface area contributed by atoms with Gasteiger partial charge in [0, 0.05) is 0 Å². The van der Waals surface area contributed by atoms with Crippen LogP contribution in [0.5, 0.6) is 0 Å². The highest BCUT2D eigenvalue weighted by molar-refractivity contribution is 6.22. The molecule has 0 nitrogen and oxygen atoms in total. The van der Waals surface area contributed by atoms with Crippen LogP contribution < -0.4 is 0 Å². The molecule has 0 unspecified atom stereocenters. The van der Waals surface area contributed by atoms with Crippen molar-refractivity contribution < 1.29 is 0 Å². The number of rotatable bonds is 5. The van der Waals surface area contributed by atoms with Gasteiger partial charge in [-0.25, -0.2) is 0 Å². The molecule has 0 aromatic heterocycles. The molecule has 0 heteroatoms. The van der Waals surface area contributed by atoms with Gasteiger partial charge >= 0.3 is 0 Å². The quantitative estimate of drug-likeness (QED) is 0.184. The van der Waals surface area contributed by atoms with Crippen molar-refractivity contribution in [3.8, 4) is 55.6 Å². The van der Waals surface area contributed by atoms with Gasteiger partial charge in [-0.05, 0) is 77.2 Å². The van der Waals surface area contributed by atoms with Crippen LogP contribution in [-0.2, 0) is 0 Å². The van der Waals surface area contributed by atoms with Crippen molar-refractivity contribution in [2.45, 2.75) is 0 Å². The summed E-state index contributed by atoms with van der Waals surface area (Å²) in [4.78, 5) is 0. The summed E-state index contributed by atoms with van der Waals surface area (Å²) in [5.74, 6) is 0. The van der Waals surface area contributed by atoms with Crippen LogP contribution in [0.4, 0.5) is 0 Å². The Morgan fingerprint density at radius 1 is 0.182 bits per heavy atom. The Balaban J connectivity index is 1.34. The van der Waals surface area contributed by atoms with Gasteiger partial charge in [0.2, 0.25) is 0 Å². The number of hydrogen-bond donors (Lipinski definition) is 0. The van der Waals surface area contributed by atoms with Crippen LogP contribution in [0.2, 0.25) is 0 Å². The van der Waals surface area contributed by atoms with Gasteiger partial charge in [0.15, 0.2) is 0 Å². The summed E-state index contributed by atoms with van der Waals surface area (Å²) < 4.78 is 0. The van der Waals surface area contributed by atoms with Crippen molar-refractivity contribution in [2.75, 3.05) is 0 Å². The Morgan fingerprint density at radius 2 is 0.477 bits per heavy atom. The van der Waals surface area contributed by atoms with E-state index in [2.05, 4.69) is 182 Å². The second kappa shape index (κ2) is 11.2. The highest BCUT2D eigenvalue weighted by Crippen LogP contribution is 2.46. The van der Waals surface area contributed by atoms with Crippen molar-refractivity contribution in [2.24, 2.45) is 0 Å². The zero-order valence-electron chi connectivity index (χ0n) is 24.3. The van der Waals surface area contributed by atoms with Crippen LogP contribution in [0.1, 0.15) is 0 Å². The zero-order chi connectivity index (χ0) is 29.3. The Labute approximate surface area is 258 Å². The van der Waals surface area contributed by atoms with Crippen LogP contribution >= 0.6 is 0 Å². The van der Waals surface area contributed by atoms with Gasteiger partial charge in [0.05, 0.1) is 0 Å². The molecule has 0 aliphatic heterocycles. The smallest absolute Gasteiger partial charge is 0.00201 e. The fraction of sp³-hybridized carbons (Fsp3) is 0. The Morgan fingerprint density at radius 3 is 0.932 bits per heavy atom. The number of fused-ring (bicyclic) bond motifs is 2. The van der Waals surface area contributed by atoms with Crippen molar-refractivity contribution in [3.63, 3.8) is 0 Å². The zero-order valence-corrected chi connectivity index (χ0v) is 24.3. The maximum atomic E-state index is 2.29. The van der Waals surface area contributed by atoms with E-state index >= 15 is 0 Å². The van der Waals surface area contributed by atoms with Crippen molar-refractivity contribution >= 4 is 21.5 Å². The first-order valence-corrected chi connectivity index (χ1v) is 15.2. The highest BCUT2D eigenvalue weighted by Gasteiger charge is 2.18. The molecule has 0 spiro atoms. The van der Waals surface area contributed by atoms with E-state index in [0.29, 0.717) is 0 Å². The van der Waals surface area contributed by atoms with Gasteiger partial charge in [0.25, 0.3) is 0 Å². The molecule has 0 aliphatic rings. The van der Waals surface area contributed by atoms with E-state index < -0.39 is 0 Å². The van der Waals surface area contributed by atoms with Gasteiger partial charge in [0.1, 0.15) is 0 Å². The van der Waals surface area contributed by atoms with E-state index in [1.54, 1.807) is 0 Å². The summed E-state index contributed by atoms with van der Waals surface area (Å²) >= 11 is 0. The molecule has 206 valence electrons. The molecule has 0 amide bonds. The van der Waals surface area contributed by atoms with E-state index in [4.69, 9.17) is 0 Å². The lowest BCUT2D eigenvalue weighted by Gasteiger charge is -2.20. The summed E-state index contributed by atoms with van der Waals surface area (Å²) in [7, 11) is 0. The Kier molecular flexibility index (Phi) is 6.59. The molecule has 0 N–H and O–H groups in total. The normalized spacial score (nSPS) is 11.2. The lowest BCUT2D eigenvalue weighted by Crippen LogP contribution is -1.92. The third kappa shape index (κ3) is 4.49. The largest absolute Gasteiger partial charge is 0.0622 e. The lowest BCUT2D eigenvalue weighted by molar-refractivity contribution is 1.58. The van der Waals surface area contributed by atoms with Crippen LogP contribution in [0.3, 0.4) is 0 Å². The first-order chi connectivity index (χ1) is 21.9. The van der Waals surface area contributed by atoms with Crippen LogP contribution in [-0.4, -0.2) is 0 Å². The second-order valence-corrected chi connectivity index (χ2v) is 11.2. The number of hydrogen-bond acceptors (Lipinski definition) is 0. The van der Waals surface area contributed by atoms with Gasteiger partial charge < -0.3 is 0 Å². The molecule has 8 aromatic rings. The van der Waals surface area contributed by atoms with Gasteiger partial charge in [-0.3, -0.25) is 0 Å². The fourth-order valence-electron chi connectivity index (χ4n) is 6.72. The van der Waals surface area contributed by atoms with E-state index in [0.717, 1.165) is 0 Å². The van der Waals surface area contributed by atoms with Crippen LogP contribution in [0.15, 0.2) is 182 Å². The monoisotopic (exact) mass is 558 g/mol. The highest BCUT2D eigenvalue weighted by atomic mass is 14.2. The van der Waals surface area contributed by atoms with E-state index in [1.807, 2.05) is 0 Å². The average Bonchev–Trinajstić information content (AvgIpc) is 3.11. The summed E-state index contributed by atoms with van der Waals surface area (Å²) in [5, 5.41) is 5.06. The Bertz CT molecular complexity index is 2180. The molecular formula is C44H30. The summed E-state index contributed by atoms with van der Waals surface area (Å²) in [5.41, 5.74) is 12.5. The molecule has 44 heavy (non-hydrogen) atoms. The molecule has 0 atom stereocenters. The maximum absolute atomic E-state index is 2.29. The molecule has 0 heterocycles. The summed E-state index contributed by atoms with van der Waals surface area (Å²) in [6.07, 6.45) is 0. The van der Waals surface area contributed by atoms with Gasteiger partial charge in [-0.1, -0.05) is 182 Å². The van der Waals surface area contributed by atoms with Crippen molar-refractivity contribution in [1.82, 2.24) is 0 Å². The minimum Gasteiger partial charge on any atom is -0.0622 e. The third-order valence-corrected chi connectivity index (χ3v) is 8.71. The summed E-state index contributed by atoms with van der Waals surface area (Å²) in [6.45, 7) is 0. The van der Waals surface area contributed by atoms with E-state index in [9.17, 15) is 0 Å². The molecular weight excluding hydrogens is 528 g/mol. The average molecular weight is 559 g/mol. The molecule has 0 fully saturated rings. The minimum absolute atomic E-state index is 1.22. The van der Waals surface area contributed by atoms with Gasteiger partial charge in [-0.15, -0.1) is 0 Å². The number of benzene rings is 8. The van der Waals surface area contributed by atoms with Crippen molar-refractivity contribution in [1.29, 1.82) is 0 Å². The Hall–Kier alpha value is -5.72. The molecule has 8 rings (SSSR count). The molecule has 8 aromatic carbocycles. The van der Waals surface area contributed by atoms with Crippen molar-refractivity contribution in [3.05, 3.63) is 182 Å². The van der Waals surface area contributed by atoms with Crippen LogP contribution in [0.25, 0.3) is 77.2 Å². The molecule has 0 radical (unpaired) electrons. The van der Waals surface area contributed by atoms with Gasteiger partial charge in [-0.2, -0.15) is 0 Å². The standard InChI is InChI=1S/C44H30/c1-3-15-31(16-4-1)35-19-7-8-20-36(35)33-27-29-34(30-28-33)43-39-23-11-13-25-41(39)44(42-26-14-12-24-40(42)43)38-22-10-9-21-37(38)32-17-5-2-6-18-32/h1-30H. The van der Waals surface area contributed by atoms with E-state index in [1.165, 1.54) is 77.2 Å². The predicted octanol–water partition coefficient (Wildman–Crippen LogP) is 12.3. The topological polar surface area (TPSA) is 0 Å². The lowest BCUT2D eigenvalue weighted by atomic mass is 9.83. The first-order valence-electron chi connectivity index (χ1n) is 15.2. The minimum atomic E-state index is 1.22. The summed E-state index contributed by atoms with van der Waals surface area (Å²) in [6, 6.07) is 65.8. The first kappa shape index (κ1) is 25.9.